The van der Waals surface area contributed by atoms with Gasteiger partial charge in [-0.15, -0.1) is 11.3 Å². The van der Waals surface area contributed by atoms with Crippen LogP contribution in [-0.2, 0) is 9.53 Å². The number of hydrogen-bond donors (Lipinski definition) is 1. The van der Waals surface area contributed by atoms with E-state index < -0.39 is 11.9 Å². The molecule has 1 aromatic carbocycles. The molecular formula is C18H20N2O4S. The number of rotatable bonds is 5. The van der Waals surface area contributed by atoms with Gasteiger partial charge >= 0.3 is 5.97 Å². The summed E-state index contributed by atoms with van der Waals surface area (Å²) in [6, 6.07) is 8.26. The van der Waals surface area contributed by atoms with Gasteiger partial charge in [0, 0.05) is 35.1 Å². The second-order valence-corrected chi connectivity index (χ2v) is 7.19. The van der Waals surface area contributed by atoms with Crippen LogP contribution in [-0.4, -0.2) is 43.4 Å². The molecule has 7 heteroatoms. The van der Waals surface area contributed by atoms with Gasteiger partial charge in [-0.25, -0.2) is 4.79 Å². The third kappa shape index (κ3) is 4.90. The van der Waals surface area contributed by atoms with Crippen LogP contribution in [0.25, 0.3) is 0 Å². The predicted molar refractivity (Wildman–Crippen MR) is 97.2 cm³/mol. The molecule has 0 spiro atoms. The molecule has 0 saturated carbocycles. The number of nitrogens with zero attached hydrogens (tertiary/aromatic N) is 1. The molecule has 1 aromatic heterocycles. The largest absolute Gasteiger partial charge is 0.452 e. The first-order chi connectivity index (χ1) is 11.8. The van der Waals surface area contributed by atoms with E-state index in [1.807, 2.05) is 13.8 Å². The number of nitrogens with one attached hydrogen (secondary N) is 1. The SMILES string of the molecule is Cc1cc(C(=O)OCC(=O)Nc2ccc(C(=O)N(C)C)cc2)c(C)s1. The second-order valence-electron chi connectivity index (χ2n) is 5.73. The van der Waals surface area contributed by atoms with Gasteiger partial charge < -0.3 is 15.0 Å². The molecule has 132 valence electrons. The van der Waals surface area contributed by atoms with Crippen molar-refractivity contribution in [3.8, 4) is 0 Å². The van der Waals surface area contributed by atoms with Crippen LogP contribution in [0.15, 0.2) is 30.3 Å². The van der Waals surface area contributed by atoms with Crippen molar-refractivity contribution in [2.24, 2.45) is 0 Å². The van der Waals surface area contributed by atoms with Crippen LogP contribution in [0.5, 0.6) is 0 Å². The summed E-state index contributed by atoms with van der Waals surface area (Å²) in [6.07, 6.45) is 0. The molecule has 0 unspecified atom stereocenters. The number of aryl methyl sites for hydroxylation is 2. The van der Waals surface area contributed by atoms with Crippen molar-refractivity contribution in [2.45, 2.75) is 13.8 Å². The fourth-order valence-electron chi connectivity index (χ4n) is 2.19. The summed E-state index contributed by atoms with van der Waals surface area (Å²) in [5.41, 5.74) is 1.54. The van der Waals surface area contributed by atoms with Crippen molar-refractivity contribution < 1.29 is 19.1 Å². The monoisotopic (exact) mass is 360 g/mol. The lowest BCUT2D eigenvalue weighted by Crippen LogP contribution is -2.22. The maximum absolute atomic E-state index is 12.0. The van der Waals surface area contributed by atoms with Crippen LogP contribution in [0, 0.1) is 13.8 Å². The van der Waals surface area contributed by atoms with Crippen molar-refractivity contribution in [3.63, 3.8) is 0 Å². The van der Waals surface area contributed by atoms with E-state index in [4.69, 9.17) is 4.74 Å². The number of thiophene rings is 1. The van der Waals surface area contributed by atoms with E-state index in [1.54, 1.807) is 44.4 Å². The van der Waals surface area contributed by atoms with E-state index in [0.717, 1.165) is 9.75 Å². The third-order valence-corrected chi connectivity index (χ3v) is 4.38. The molecule has 2 rings (SSSR count). The summed E-state index contributed by atoms with van der Waals surface area (Å²) in [7, 11) is 3.34. The van der Waals surface area contributed by atoms with Gasteiger partial charge in [0.25, 0.3) is 11.8 Å². The highest BCUT2D eigenvalue weighted by molar-refractivity contribution is 7.12. The van der Waals surface area contributed by atoms with Gasteiger partial charge in [-0.1, -0.05) is 0 Å². The predicted octanol–water partition coefficient (Wildman–Crippen LogP) is 2.86. The van der Waals surface area contributed by atoms with Gasteiger partial charge in [0.2, 0.25) is 0 Å². The highest BCUT2D eigenvalue weighted by atomic mass is 32.1. The Morgan fingerprint density at radius 1 is 1.12 bits per heavy atom. The lowest BCUT2D eigenvalue weighted by Gasteiger charge is -2.11. The molecule has 25 heavy (non-hydrogen) atoms. The van der Waals surface area contributed by atoms with Crippen LogP contribution in [0.1, 0.15) is 30.5 Å². The number of ether oxygens (including phenoxy) is 1. The number of hydrogen-bond acceptors (Lipinski definition) is 5. The summed E-state index contributed by atoms with van der Waals surface area (Å²) >= 11 is 1.51. The summed E-state index contributed by atoms with van der Waals surface area (Å²) in [5.74, 6) is -1.07. The minimum atomic E-state index is -0.510. The normalized spacial score (nSPS) is 10.2. The highest BCUT2D eigenvalue weighted by Crippen LogP contribution is 2.21. The quantitative estimate of drug-likeness (QED) is 0.832. The first-order valence-corrected chi connectivity index (χ1v) is 8.45. The van der Waals surface area contributed by atoms with E-state index in [1.165, 1.54) is 16.2 Å². The Morgan fingerprint density at radius 2 is 1.76 bits per heavy atom. The maximum Gasteiger partial charge on any atom is 0.339 e. The number of anilines is 1. The number of carbonyl (C=O) groups is 3. The Bertz CT molecular complexity index is 794. The van der Waals surface area contributed by atoms with Crippen molar-refractivity contribution in [1.29, 1.82) is 0 Å². The lowest BCUT2D eigenvalue weighted by molar-refractivity contribution is -0.119. The van der Waals surface area contributed by atoms with Crippen molar-refractivity contribution in [2.75, 3.05) is 26.0 Å². The first-order valence-electron chi connectivity index (χ1n) is 7.63. The van der Waals surface area contributed by atoms with Crippen molar-refractivity contribution in [1.82, 2.24) is 4.90 Å². The maximum atomic E-state index is 12.0. The zero-order valence-corrected chi connectivity index (χ0v) is 15.4. The van der Waals surface area contributed by atoms with Gasteiger partial charge in [0.15, 0.2) is 6.61 Å². The molecule has 0 saturated heterocycles. The van der Waals surface area contributed by atoms with E-state index in [0.29, 0.717) is 16.8 Å². The second kappa shape index (κ2) is 7.94. The summed E-state index contributed by atoms with van der Waals surface area (Å²) in [6.45, 7) is 3.38. The smallest absolute Gasteiger partial charge is 0.339 e. The molecule has 1 heterocycles. The minimum absolute atomic E-state index is 0.117. The van der Waals surface area contributed by atoms with Gasteiger partial charge in [-0.05, 0) is 44.2 Å². The Balaban J connectivity index is 1.89. The molecule has 2 amide bonds. The third-order valence-electron chi connectivity index (χ3n) is 3.42. The summed E-state index contributed by atoms with van der Waals surface area (Å²) < 4.78 is 5.04. The van der Waals surface area contributed by atoms with E-state index in [2.05, 4.69) is 5.32 Å². The van der Waals surface area contributed by atoms with E-state index >= 15 is 0 Å². The molecule has 2 aromatic rings. The van der Waals surface area contributed by atoms with Crippen molar-refractivity contribution >= 4 is 34.8 Å². The van der Waals surface area contributed by atoms with E-state index in [9.17, 15) is 14.4 Å². The molecule has 0 bridgehead atoms. The van der Waals surface area contributed by atoms with E-state index in [-0.39, 0.29) is 12.5 Å². The average molecular weight is 360 g/mol. The van der Waals surface area contributed by atoms with Gasteiger partial charge in [-0.2, -0.15) is 0 Å². The molecule has 0 aliphatic carbocycles. The first kappa shape index (κ1) is 18.7. The lowest BCUT2D eigenvalue weighted by atomic mass is 10.2. The Kier molecular flexibility index (Phi) is 5.93. The van der Waals surface area contributed by atoms with Crippen LogP contribution in [0.3, 0.4) is 0 Å². The van der Waals surface area contributed by atoms with Crippen molar-refractivity contribution in [3.05, 3.63) is 51.2 Å². The molecule has 0 aliphatic rings. The fourth-order valence-corrected chi connectivity index (χ4v) is 3.11. The minimum Gasteiger partial charge on any atom is -0.452 e. The molecule has 6 nitrogen and oxygen atoms in total. The summed E-state index contributed by atoms with van der Waals surface area (Å²) in [5, 5.41) is 2.63. The van der Waals surface area contributed by atoms with Gasteiger partial charge in [0.1, 0.15) is 0 Å². The Labute approximate surface area is 150 Å². The molecule has 1 N–H and O–H groups in total. The van der Waals surface area contributed by atoms with Crippen LogP contribution >= 0.6 is 11.3 Å². The van der Waals surface area contributed by atoms with Gasteiger partial charge in [-0.3, -0.25) is 9.59 Å². The average Bonchev–Trinajstić information content (AvgIpc) is 2.91. The Hall–Kier alpha value is -2.67. The standard InChI is InChI=1S/C18H20N2O4S/c1-11-9-15(12(2)25-11)18(23)24-10-16(21)19-14-7-5-13(6-8-14)17(22)20(3)4/h5-9H,10H2,1-4H3,(H,19,21). The Morgan fingerprint density at radius 3 is 2.28 bits per heavy atom. The molecule has 0 atom stereocenters. The highest BCUT2D eigenvalue weighted by Gasteiger charge is 2.15. The van der Waals surface area contributed by atoms with Crippen LogP contribution < -0.4 is 5.32 Å². The fraction of sp³-hybridized carbons (Fsp3) is 0.278. The molecule has 0 aliphatic heterocycles. The number of amides is 2. The number of benzene rings is 1. The molecule has 0 radical (unpaired) electrons. The topological polar surface area (TPSA) is 75.7 Å². The van der Waals surface area contributed by atoms with Crippen LogP contribution in [0.4, 0.5) is 5.69 Å². The van der Waals surface area contributed by atoms with Crippen LogP contribution in [0.2, 0.25) is 0 Å². The molecular weight excluding hydrogens is 340 g/mol. The number of esters is 1. The molecule has 0 fully saturated rings. The zero-order valence-electron chi connectivity index (χ0n) is 14.6. The van der Waals surface area contributed by atoms with Gasteiger partial charge in [0.05, 0.1) is 5.56 Å². The zero-order chi connectivity index (χ0) is 18.6. The number of carbonyl (C=O) groups excluding carboxylic acids is 3. The summed E-state index contributed by atoms with van der Waals surface area (Å²) in [4.78, 5) is 39.0.